The molecule has 0 saturated heterocycles. The molecular weight excluding hydrogens is 292 g/mol. The van der Waals surface area contributed by atoms with Gasteiger partial charge in [0.25, 0.3) is 10.1 Å². The zero-order valence-electron chi connectivity index (χ0n) is 13.4. The molecule has 2 N–H and O–H groups in total. The fourth-order valence-corrected chi connectivity index (χ4v) is 2.48. The van der Waals surface area contributed by atoms with Crippen LogP contribution in [-0.2, 0) is 14.9 Å². The van der Waals surface area contributed by atoms with E-state index in [1.165, 1.54) is 0 Å². The van der Waals surface area contributed by atoms with Gasteiger partial charge in [-0.15, -0.1) is 0 Å². The molecule has 1 amide bonds. The SMILES string of the molecule is C=C(C)C(=O)NCCCCC[N+](C)(C)CCCS(=O)(=O)O. The summed E-state index contributed by atoms with van der Waals surface area (Å²) in [5.41, 5.74) is 0.520. The quantitative estimate of drug-likeness (QED) is 0.259. The van der Waals surface area contributed by atoms with Crippen molar-refractivity contribution in [3.63, 3.8) is 0 Å². The maximum atomic E-state index is 11.3. The minimum Gasteiger partial charge on any atom is -0.352 e. The Morgan fingerprint density at radius 3 is 2.24 bits per heavy atom. The molecule has 0 aliphatic heterocycles. The van der Waals surface area contributed by atoms with Gasteiger partial charge >= 0.3 is 0 Å². The zero-order valence-corrected chi connectivity index (χ0v) is 14.2. The van der Waals surface area contributed by atoms with Gasteiger partial charge in [0.05, 0.1) is 32.9 Å². The third-order valence-corrected chi connectivity index (χ3v) is 4.08. The number of unbranched alkanes of at least 4 members (excludes halogenated alkanes) is 2. The summed E-state index contributed by atoms with van der Waals surface area (Å²) in [6, 6.07) is 0. The number of nitrogens with zero attached hydrogens (tertiary/aromatic N) is 1. The lowest BCUT2D eigenvalue weighted by Gasteiger charge is -2.29. The molecule has 0 spiro atoms. The average Bonchev–Trinajstić information content (AvgIpc) is 2.30. The molecule has 0 rings (SSSR count). The van der Waals surface area contributed by atoms with E-state index in [1.807, 2.05) is 14.1 Å². The van der Waals surface area contributed by atoms with Crippen LogP contribution in [0.25, 0.3) is 0 Å². The molecule has 124 valence electrons. The highest BCUT2D eigenvalue weighted by Gasteiger charge is 2.16. The smallest absolute Gasteiger partial charge is 0.265 e. The minimum atomic E-state index is -3.85. The molecule has 0 unspecified atom stereocenters. The summed E-state index contributed by atoms with van der Waals surface area (Å²) in [4.78, 5) is 11.3. The number of amides is 1. The van der Waals surface area contributed by atoms with Crippen LogP contribution < -0.4 is 5.32 Å². The highest BCUT2D eigenvalue weighted by Crippen LogP contribution is 2.06. The van der Waals surface area contributed by atoms with E-state index in [1.54, 1.807) is 6.92 Å². The van der Waals surface area contributed by atoms with Crippen molar-refractivity contribution in [3.8, 4) is 0 Å². The van der Waals surface area contributed by atoms with Gasteiger partial charge in [-0.2, -0.15) is 8.42 Å². The van der Waals surface area contributed by atoms with E-state index in [-0.39, 0.29) is 11.7 Å². The van der Waals surface area contributed by atoms with Crippen LogP contribution in [0.2, 0.25) is 0 Å². The van der Waals surface area contributed by atoms with Gasteiger partial charge in [-0.3, -0.25) is 9.35 Å². The summed E-state index contributed by atoms with van der Waals surface area (Å²) in [5, 5.41) is 2.79. The number of hydrogen-bond donors (Lipinski definition) is 2. The summed E-state index contributed by atoms with van der Waals surface area (Å²) in [6.07, 6.45) is 3.41. The number of quaternary nitrogens is 1. The van der Waals surface area contributed by atoms with Gasteiger partial charge in [-0.25, -0.2) is 0 Å². The summed E-state index contributed by atoms with van der Waals surface area (Å²) in [7, 11) is 0.245. The lowest BCUT2D eigenvalue weighted by molar-refractivity contribution is -0.890. The Hall–Kier alpha value is -0.920. The molecule has 0 heterocycles. The molecule has 6 nitrogen and oxygen atoms in total. The highest BCUT2D eigenvalue weighted by atomic mass is 32.2. The van der Waals surface area contributed by atoms with Crippen molar-refractivity contribution < 1.29 is 22.2 Å². The molecule has 0 fully saturated rings. The molecule has 0 aromatic carbocycles. The Kier molecular flexibility index (Phi) is 8.77. The first-order valence-corrected chi connectivity index (χ1v) is 8.85. The number of nitrogens with one attached hydrogen (secondary N) is 1. The Morgan fingerprint density at radius 2 is 1.71 bits per heavy atom. The van der Waals surface area contributed by atoms with E-state index < -0.39 is 10.1 Å². The van der Waals surface area contributed by atoms with E-state index in [0.717, 1.165) is 30.3 Å². The topological polar surface area (TPSA) is 83.5 Å². The van der Waals surface area contributed by atoms with Crippen LogP contribution in [0.3, 0.4) is 0 Å². The first kappa shape index (κ1) is 20.1. The normalized spacial score (nSPS) is 12.2. The number of rotatable bonds is 11. The molecule has 0 aromatic rings. The molecule has 21 heavy (non-hydrogen) atoms. The second-order valence-electron chi connectivity index (χ2n) is 6.12. The first-order valence-electron chi connectivity index (χ1n) is 7.24. The molecule has 0 bridgehead atoms. The minimum absolute atomic E-state index is 0.101. The van der Waals surface area contributed by atoms with E-state index in [0.29, 0.717) is 25.1 Å². The van der Waals surface area contributed by atoms with Crippen LogP contribution >= 0.6 is 0 Å². The van der Waals surface area contributed by atoms with E-state index in [2.05, 4.69) is 11.9 Å². The van der Waals surface area contributed by atoms with Crippen LogP contribution in [0, 0.1) is 0 Å². The molecule has 7 heteroatoms. The molecule has 0 radical (unpaired) electrons. The third kappa shape index (κ3) is 12.5. The number of carbonyl (C=O) groups excluding carboxylic acids is 1. The fourth-order valence-electron chi connectivity index (χ4n) is 1.98. The van der Waals surface area contributed by atoms with Crippen molar-refractivity contribution in [2.75, 3.05) is 39.5 Å². The molecule has 0 saturated carbocycles. The van der Waals surface area contributed by atoms with E-state index in [4.69, 9.17) is 4.55 Å². The van der Waals surface area contributed by atoms with Gasteiger partial charge in [0.2, 0.25) is 5.91 Å². The predicted molar refractivity (Wildman–Crippen MR) is 84.5 cm³/mol. The van der Waals surface area contributed by atoms with Crippen molar-refractivity contribution in [3.05, 3.63) is 12.2 Å². The Bertz CT molecular complexity index is 444. The van der Waals surface area contributed by atoms with E-state index >= 15 is 0 Å². The van der Waals surface area contributed by atoms with Gasteiger partial charge in [0.1, 0.15) is 0 Å². The highest BCUT2D eigenvalue weighted by molar-refractivity contribution is 7.85. The molecule has 0 atom stereocenters. The van der Waals surface area contributed by atoms with Crippen molar-refractivity contribution >= 4 is 16.0 Å². The van der Waals surface area contributed by atoms with Crippen molar-refractivity contribution in [2.24, 2.45) is 0 Å². The van der Waals surface area contributed by atoms with E-state index in [9.17, 15) is 13.2 Å². The van der Waals surface area contributed by atoms with Crippen LogP contribution in [-0.4, -0.2) is 62.8 Å². The summed E-state index contributed by atoms with van der Waals surface area (Å²) < 4.78 is 30.7. The van der Waals surface area contributed by atoms with Crippen LogP contribution in [0.5, 0.6) is 0 Å². The summed E-state index contributed by atoms with van der Waals surface area (Å²) in [6.45, 7) is 7.57. The monoisotopic (exact) mass is 321 g/mol. The van der Waals surface area contributed by atoms with Gasteiger partial charge in [0.15, 0.2) is 0 Å². The molecule has 0 aromatic heterocycles. The summed E-state index contributed by atoms with van der Waals surface area (Å²) >= 11 is 0. The largest absolute Gasteiger partial charge is 0.352 e. The zero-order chi connectivity index (χ0) is 16.5. The Labute approximate surface area is 128 Å². The molecule has 0 aliphatic carbocycles. The molecule has 0 aliphatic rings. The lowest BCUT2D eigenvalue weighted by atomic mass is 10.2. The fraction of sp³-hybridized carbons (Fsp3) is 0.786. The predicted octanol–water partition coefficient (Wildman–Crippen LogP) is 1.20. The van der Waals surface area contributed by atoms with Gasteiger partial charge < -0.3 is 9.80 Å². The average molecular weight is 321 g/mol. The third-order valence-electron chi connectivity index (χ3n) is 3.28. The second kappa shape index (κ2) is 9.17. The van der Waals surface area contributed by atoms with Gasteiger partial charge in [0, 0.05) is 18.5 Å². The number of carbonyl (C=O) groups is 1. The van der Waals surface area contributed by atoms with Crippen molar-refractivity contribution in [2.45, 2.75) is 32.6 Å². The lowest BCUT2D eigenvalue weighted by Crippen LogP contribution is -2.41. The van der Waals surface area contributed by atoms with Crippen molar-refractivity contribution in [1.29, 1.82) is 0 Å². The second-order valence-corrected chi connectivity index (χ2v) is 7.69. The van der Waals surface area contributed by atoms with Gasteiger partial charge in [-0.1, -0.05) is 6.58 Å². The molecular formula is C14H29N2O4S+. The van der Waals surface area contributed by atoms with Crippen LogP contribution in [0.4, 0.5) is 0 Å². The van der Waals surface area contributed by atoms with Crippen LogP contribution in [0.15, 0.2) is 12.2 Å². The Balaban J connectivity index is 3.70. The van der Waals surface area contributed by atoms with Gasteiger partial charge in [-0.05, 0) is 26.2 Å². The maximum Gasteiger partial charge on any atom is 0.265 e. The first-order chi connectivity index (χ1) is 9.53. The van der Waals surface area contributed by atoms with Crippen molar-refractivity contribution in [1.82, 2.24) is 5.32 Å². The maximum absolute atomic E-state index is 11.3. The van der Waals surface area contributed by atoms with Crippen LogP contribution in [0.1, 0.15) is 32.6 Å². The number of hydrogen-bond acceptors (Lipinski definition) is 3. The Morgan fingerprint density at radius 1 is 1.14 bits per heavy atom. The summed E-state index contributed by atoms with van der Waals surface area (Å²) in [5.74, 6) is -0.280. The standard InChI is InChI=1S/C14H28N2O4S/c1-13(2)14(17)15-9-6-5-7-10-16(3,4)11-8-12-21(18,19)20/h1,5-12H2,2-4H3,(H-,15,17,18,19,20)/p+1.